The summed E-state index contributed by atoms with van der Waals surface area (Å²) in [6.45, 7) is 5.23. The van der Waals surface area contributed by atoms with Crippen LogP contribution in [0.2, 0.25) is 5.02 Å². The minimum absolute atomic E-state index is 0.348. The fourth-order valence-corrected chi connectivity index (χ4v) is 1.96. The lowest BCUT2D eigenvalue weighted by atomic mass is 10.2. The number of rotatable bonds is 3. The SMILES string of the molecule is CCNC(C)c1cc2cc(Cl)ccc2[nH]1. The standard InChI is InChI=1S/C12H15ClN2/c1-3-14-8(2)12-7-9-6-10(13)4-5-11(9)15-12/h4-8,14-15H,3H2,1-2H3. The Morgan fingerprint density at radius 3 is 2.93 bits per heavy atom. The van der Waals surface area contributed by atoms with E-state index < -0.39 is 0 Å². The van der Waals surface area contributed by atoms with E-state index in [4.69, 9.17) is 11.6 Å². The van der Waals surface area contributed by atoms with Gasteiger partial charge in [0.25, 0.3) is 0 Å². The Morgan fingerprint density at radius 2 is 2.20 bits per heavy atom. The second-order valence-corrected chi connectivity index (χ2v) is 4.17. The molecule has 2 aromatic rings. The van der Waals surface area contributed by atoms with Crippen LogP contribution in [0.5, 0.6) is 0 Å². The number of aromatic amines is 1. The van der Waals surface area contributed by atoms with Gasteiger partial charge in [-0.3, -0.25) is 0 Å². The van der Waals surface area contributed by atoms with E-state index in [2.05, 4.69) is 30.2 Å². The zero-order chi connectivity index (χ0) is 10.8. The van der Waals surface area contributed by atoms with Crippen molar-refractivity contribution in [2.24, 2.45) is 0 Å². The molecule has 1 atom stereocenters. The number of aromatic nitrogens is 1. The molecule has 1 heterocycles. The highest BCUT2D eigenvalue weighted by Gasteiger charge is 2.07. The number of benzene rings is 1. The smallest absolute Gasteiger partial charge is 0.0457 e. The topological polar surface area (TPSA) is 27.8 Å². The molecule has 0 amide bonds. The van der Waals surface area contributed by atoms with Crippen molar-refractivity contribution in [2.45, 2.75) is 19.9 Å². The van der Waals surface area contributed by atoms with Crippen molar-refractivity contribution >= 4 is 22.5 Å². The molecule has 0 aliphatic heterocycles. The molecule has 15 heavy (non-hydrogen) atoms. The zero-order valence-electron chi connectivity index (χ0n) is 8.97. The molecule has 2 N–H and O–H groups in total. The number of fused-ring (bicyclic) bond motifs is 1. The largest absolute Gasteiger partial charge is 0.357 e. The minimum atomic E-state index is 0.348. The van der Waals surface area contributed by atoms with Gasteiger partial charge in [0, 0.05) is 27.7 Å². The van der Waals surface area contributed by atoms with Gasteiger partial charge in [0.2, 0.25) is 0 Å². The van der Waals surface area contributed by atoms with Crippen molar-refractivity contribution in [1.29, 1.82) is 0 Å². The lowest BCUT2D eigenvalue weighted by Gasteiger charge is -2.09. The van der Waals surface area contributed by atoms with Gasteiger partial charge in [-0.25, -0.2) is 0 Å². The maximum Gasteiger partial charge on any atom is 0.0457 e. The molecule has 1 aromatic heterocycles. The highest BCUT2D eigenvalue weighted by Crippen LogP contribution is 2.22. The Labute approximate surface area is 94.6 Å². The predicted octanol–water partition coefficient (Wildman–Crippen LogP) is 3.49. The maximum absolute atomic E-state index is 5.94. The van der Waals surface area contributed by atoms with Crippen molar-refractivity contribution < 1.29 is 0 Å². The van der Waals surface area contributed by atoms with E-state index in [1.807, 2.05) is 18.2 Å². The highest BCUT2D eigenvalue weighted by atomic mass is 35.5. The van der Waals surface area contributed by atoms with Crippen molar-refractivity contribution in [3.63, 3.8) is 0 Å². The first-order valence-corrected chi connectivity index (χ1v) is 5.60. The average molecular weight is 223 g/mol. The van der Waals surface area contributed by atoms with Gasteiger partial charge in [-0.15, -0.1) is 0 Å². The summed E-state index contributed by atoms with van der Waals surface area (Å²) in [6, 6.07) is 8.40. The fourth-order valence-electron chi connectivity index (χ4n) is 1.78. The molecule has 2 nitrogen and oxygen atoms in total. The third kappa shape index (κ3) is 2.16. The monoisotopic (exact) mass is 222 g/mol. The van der Waals surface area contributed by atoms with E-state index in [1.165, 1.54) is 11.1 Å². The van der Waals surface area contributed by atoms with Crippen LogP contribution in [0.4, 0.5) is 0 Å². The number of hydrogen-bond donors (Lipinski definition) is 2. The molecule has 0 bridgehead atoms. The number of halogens is 1. The van der Waals surface area contributed by atoms with Crippen LogP contribution in [-0.4, -0.2) is 11.5 Å². The van der Waals surface area contributed by atoms with Crippen LogP contribution in [0, 0.1) is 0 Å². The van der Waals surface area contributed by atoms with Crippen LogP contribution in [0.1, 0.15) is 25.6 Å². The molecule has 0 aliphatic rings. The molecule has 0 radical (unpaired) electrons. The molecule has 0 fully saturated rings. The van der Waals surface area contributed by atoms with Gasteiger partial charge in [0.1, 0.15) is 0 Å². The molecule has 0 saturated carbocycles. The van der Waals surface area contributed by atoms with Crippen molar-refractivity contribution in [1.82, 2.24) is 10.3 Å². The Bertz CT molecular complexity index is 462. The number of nitrogens with one attached hydrogen (secondary N) is 2. The summed E-state index contributed by atoms with van der Waals surface area (Å²) < 4.78 is 0. The first-order valence-electron chi connectivity index (χ1n) is 5.22. The van der Waals surface area contributed by atoms with Crippen LogP contribution in [0.15, 0.2) is 24.3 Å². The second-order valence-electron chi connectivity index (χ2n) is 3.74. The highest BCUT2D eigenvalue weighted by molar-refractivity contribution is 6.31. The molecule has 1 aromatic carbocycles. The first kappa shape index (κ1) is 10.5. The first-order chi connectivity index (χ1) is 7.20. The average Bonchev–Trinajstić information content (AvgIpc) is 2.60. The molecule has 0 saturated heterocycles. The third-order valence-corrected chi connectivity index (χ3v) is 2.82. The third-order valence-electron chi connectivity index (χ3n) is 2.58. The van der Waals surface area contributed by atoms with E-state index in [9.17, 15) is 0 Å². The summed E-state index contributed by atoms with van der Waals surface area (Å²) in [5, 5.41) is 5.32. The molecular formula is C12H15ClN2. The van der Waals surface area contributed by atoms with E-state index in [0.29, 0.717) is 6.04 Å². The van der Waals surface area contributed by atoms with E-state index in [0.717, 1.165) is 17.1 Å². The second kappa shape index (κ2) is 4.25. The van der Waals surface area contributed by atoms with Crippen LogP contribution < -0.4 is 5.32 Å². The molecule has 1 unspecified atom stereocenters. The van der Waals surface area contributed by atoms with Crippen molar-refractivity contribution in [3.05, 3.63) is 35.0 Å². The van der Waals surface area contributed by atoms with Gasteiger partial charge in [0.15, 0.2) is 0 Å². The molecule has 3 heteroatoms. The normalized spacial score (nSPS) is 13.3. The fraction of sp³-hybridized carbons (Fsp3) is 0.333. The number of H-pyrrole nitrogens is 1. The van der Waals surface area contributed by atoms with Crippen LogP contribution in [0.25, 0.3) is 10.9 Å². The summed E-state index contributed by atoms with van der Waals surface area (Å²) >= 11 is 5.94. The summed E-state index contributed by atoms with van der Waals surface area (Å²) in [5.74, 6) is 0. The minimum Gasteiger partial charge on any atom is -0.357 e. The van der Waals surface area contributed by atoms with E-state index in [-0.39, 0.29) is 0 Å². The van der Waals surface area contributed by atoms with E-state index >= 15 is 0 Å². The van der Waals surface area contributed by atoms with Crippen molar-refractivity contribution in [2.75, 3.05) is 6.54 Å². The van der Waals surface area contributed by atoms with Gasteiger partial charge >= 0.3 is 0 Å². The molecule has 2 rings (SSSR count). The van der Waals surface area contributed by atoms with Crippen LogP contribution >= 0.6 is 11.6 Å². The Hall–Kier alpha value is -0.990. The Morgan fingerprint density at radius 1 is 1.40 bits per heavy atom. The van der Waals surface area contributed by atoms with Gasteiger partial charge in [-0.1, -0.05) is 18.5 Å². The summed E-state index contributed by atoms with van der Waals surface area (Å²) in [4.78, 5) is 3.39. The van der Waals surface area contributed by atoms with Gasteiger partial charge in [-0.2, -0.15) is 0 Å². The molecule has 0 spiro atoms. The van der Waals surface area contributed by atoms with Gasteiger partial charge in [0.05, 0.1) is 0 Å². The maximum atomic E-state index is 5.94. The predicted molar refractivity (Wildman–Crippen MR) is 65.4 cm³/mol. The van der Waals surface area contributed by atoms with Gasteiger partial charge < -0.3 is 10.3 Å². The quantitative estimate of drug-likeness (QED) is 0.818. The van der Waals surface area contributed by atoms with Gasteiger partial charge in [-0.05, 0) is 37.7 Å². The molecular weight excluding hydrogens is 208 g/mol. The van der Waals surface area contributed by atoms with E-state index in [1.54, 1.807) is 0 Å². The summed E-state index contributed by atoms with van der Waals surface area (Å²) in [5.41, 5.74) is 2.34. The van der Waals surface area contributed by atoms with Crippen molar-refractivity contribution in [3.8, 4) is 0 Å². The molecule has 0 aliphatic carbocycles. The summed E-state index contributed by atoms with van der Waals surface area (Å²) in [6.07, 6.45) is 0. The lowest BCUT2D eigenvalue weighted by molar-refractivity contribution is 0.587. The lowest BCUT2D eigenvalue weighted by Crippen LogP contribution is -2.17. The zero-order valence-corrected chi connectivity index (χ0v) is 9.73. The van der Waals surface area contributed by atoms with Crippen LogP contribution in [-0.2, 0) is 0 Å². The Kier molecular flexibility index (Phi) is 2.98. The Balaban J connectivity index is 2.38. The van der Waals surface area contributed by atoms with Crippen LogP contribution in [0.3, 0.4) is 0 Å². The summed E-state index contributed by atoms with van der Waals surface area (Å²) in [7, 11) is 0. The molecule has 80 valence electrons. The number of hydrogen-bond acceptors (Lipinski definition) is 1.